The van der Waals surface area contributed by atoms with Gasteiger partial charge in [0.1, 0.15) is 22.3 Å². The molecule has 0 aromatic heterocycles. The number of hydrogen-bond donors (Lipinski definition) is 1. The summed E-state index contributed by atoms with van der Waals surface area (Å²) in [5.74, 6) is -0.831. The molecule has 0 radical (unpaired) electrons. The predicted molar refractivity (Wildman–Crippen MR) is 62.5 cm³/mol. The van der Waals surface area contributed by atoms with E-state index in [2.05, 4.69) is 0 Å². The molecule has 1 aromatic carbocycles. The summed E-state index contributed by atoms with van der Waals surface area (Å²) >= 11 is 0. The molecule has 1 atom stereocenters. The van der Waals surface area contributed by atoms with Crippen molar-refractivity contribution in [3.05, 3.63) is 29.6 Å². The van der Waals surface area contributed by atoms with Crippen LogP contribution in [-0.2, 0) is 10.0 Å². The number of nitrogens with two attached hydrogens (primary N) is 1. The fraction of sp³-hybridized carbons (Fsp3) is 0.364. The summed E-state index contributed by atoms with van der Waals surface area (Å²) in [7, 11) is -3.85. The molecule has 1 saturated heterocycles. The zero-order valence-electron chi connectivity index (χ0n) is 9.51. The van der Waals surface area contributed by atoms with Crippen molar-refractivity contribution in [1.29, 1.82) is 5.26 Å². The fourth-order valence-corrected chi connectivity index (χ4v) is 3.60. The van der Waals surface area contributed by atoms with Crippen LogP contribution in [0.2, 0.25) is 0 Å². The van der Waals surface area contributed by atoms with E-state index in [1.807, 2.05) is 0 Å². The molecule has 2 N–H and O–H groups in total. The van der Waals surface area contributed by atoms with E-state index in [1.165, 1.54) is 16.4 Å². The van der Waals surface area contributed by atoms with Crippen LogP contribution in [0, 0.1) is 17.1 Å². The minimum Gasteiger partial charge on any atom is -0.326 e. The highest BCUT2D eigenvalue weighted by molar-refractivity contribution is 7.89. The van der Waals surface area contributed by atoms with Crippen LogP contribution in [0.25, 0.3) is 0 Å². The van der Waals surface area contributed by atoms with Gasteiger partial charge in [-0.25, -0.2) is 12.8 Å². The molecule has 2 rings (SSSR count). The lowest BCUT2D eigenvalue weighted by Crippen LogP contribution is -2.32. The topological polar surface area (TPSA) is 87.2 Å². The van der Waals surface area contributed by atoms with Gasteiger partial charge in [-0.1, -0.05) is 6.07 Å². The first-order chi connectivity index (χ1) is 8.46. The maximum Gasteiger partial charge on any atom is 0.244 e. The standard InChI is InChI=1S/C11H12FN3O2S/c12-10-2-1-3-11(9(10)6-13)18(16,17)15-5-4-8(14)7-15/h1-3,8H,4-5,7,14H2/t8-/m0/s1. The van der Waals surface area contributed by atoms with E-state index in [1.54, 1.807) is 6.07 Å². The van der Waals surface area contributed by atoms with Gasteiger partial charge in [-0.3, -0.25) is 0 Å². The average Bonchev–Trinajstić information content (AvgIpc) is 2.76. The molecule has 1 heterocycles. The lowest BCUT2D eigenvalue weighted by molar-refractivity contribution is 0.471. The van der Waals surface area contributed by atoms with Crippen LogP contribution in [0.5, 0.6) is 0 Å². The van der Waals surface area contributed by atoms with Crippen LogP contribution in [-0.4, -0.2) is 31.9 Å². The Morgan fingerprint density at radius 1 is 1.50 bits per heavy atom. The molecular formula is C11H12FN3O2S. The molecular weight excluding hydrogens is 257 g/mol. The Hall–Kier alpha value is -1.49. The quantitative estimate of drug-likeness (QED) is 0.842. The maximum atomic E-state index is 13.4. The third-order valence-electron chi connectivity index (χ3n) is 2.89. The molecule has 1 aliphatic heterocycles. The van der Waals surface area contributed by atoms with Crippen LogP contribution in [0.15, 0.2) is 23.1 Å². The Morgan fingerprint density at radius 2 is 2.22 bits per heavy atom. The molecule has 1 fully saturated rings. The summed E-state index contributed by atoms with van der Waals surface area (Å²) in [5.41, 5.74) is 5.21. The second-order valence-corrected chi connectivity index (χ2v) is 6.04. The first-order valence-electron chi connectivity index (χ1n) is 5.41. The van der Waals surface area contributed by atoms with Gasteiger partial charge in [-0.05, 0) is 18.6 Å². The monoisotopic (exact) mass is 269 g/mol. The van der Waals surface area contributed by atoms with Crippen LogP contribution < -0.4 is 5.73 Å². The highest BCUT2D eigenvalue weighted by atomic mass is 32.2. The zero-order chi connectivity index (χ0) is 13.3. The molecule has 0 bridgehead atoms. The second kappa shape index (κ2) is 4.65. The zero-order valence-corrected chi connectivity index (χ0v) is 10.3. The SMILES string of the molecule is N#Cc1c(F)cccc1S(=O)(=O)N1CC[C@H](N)C1. The van der Waals surface area contributed by atoms with E-state index >= 15 is 0 Å². The summed E-state index contributed by atoms with van der Waals surface area (Å²) in [6.45, 7) is 0.495. The van der Waals surface area contributed by atoms with Gasteiger partial charge in [0.25, 0.3) is 0 Å². The first kappa shape index (κ1) is 13.0. The van der Waals surface area contributed by atoms with Gasteiger partial charge in [0, 0.05) is 19.1 Å². The van der Waals surface area contributed by atoms with Crippen molar-refractivity contribution < 1.29 is 12.8 Å². The fourth-order valence-electron chi connectivity index (χ4n) is 1.94. The van der Waals surface area contributed by atoms with Gasteiger partial charge in [-0.2, -0.15) is 9.57 Å². The minimum absolute atomic E-state index is 0.198. The van der Waals surface area contributed by atoms with E-state index in [0.717, 1.165) is 6.07 Å². The number of nitrogens with zero attached hydrogens (tertiary/aromatic N) is 2. The number of sulfonamides is 1. The minimum atomic E-state index is -3.85. The predicted octanol–water partition coefficient (Wildman–Crippen LogP) is 0.419. The van der Waals surface area contributed by atoms with E-state index in [0.29, 0.717) is 13.0 Å². The van der Waals surface area contributed by atoms with Gasteiger partial charge >= 0.3 is 0 Å². The molecule has 0 amide bonds. The Kier molecular flexibility index (Phi) is 3.34. The van der Waals surface area contributed by atoms with Gasteiger partial charge < -0.3 is 5.73 Å². The average molecular weight is 269 g/mol. The van der Waals surface area contributed by atoms with Crippen LogP contribution in [0.4, 0.5) is 4.39 Å². The molecule has 1 aliphatic rings. The third kappa shape index (κ3) is 2.10. The van der Waals surface area contributed by atoms with Crippen LogP contribution in [0.3, 0.4) is 0 Å². The van der Waals surface area contributed by atoms with Gasteiger partial charge in [0.05, 0.1) is 0 Å². The number of rotatable bonds is 2. The lowest BCUT2D eigenvalue weighted by Gasteiger charge is -2.16. The van der Waals surface area contributed by atoms with E-state index in [-0.39, 0.29) is 17.5 Å². The number of halogens is 1. The maximum absolute atomic E-state index is 13.4. The number of benzene rings is 1. The molecule has 1 aromatic rings. The van der Waals surface area contributed by atoms with Crippen LogP contribution >= 0.6 is 0 Å². The Bertz CT molecular complexity index is 609. The van der Waals surface area contributed by atoms with Crippen molar-refractivity contribution in [2.45, 2.75) is 17.4 Å². The normalized spacial score (nSPS) is 20.8. The number of nitriles is 1. The Labute approximate surface area is 105 Å². The molecule has 18 heavy (non-hydrogen) atoms. The molecule has 0 spiro atoms. The Morgan fingerprint density at radius 3 is 2.78 bits per heavy atom. The summed E-state index contributed by atoms with van der Waals surface area (Å²) in [4.78, 5) is -0.292. The van der Waals surface area contributed by atoms with Gasteiger partial charge in [0.15, 0.2) is 0 Å². The highest BCUT2D eigenvalue weighted by Gasteiger charge is 2.33. The molecule has 5 nitrogen and oxygen atoms in total. The molecule has 0 saturated carbocycles. The lowest BCUT2D eigenvalue weighted by atomic mass is 10.2. The summed E-state index contributed by atoms with van der Waals surface area (Å²) in [5, 5.41) is 8.86. The highest BCUT2D eigenvalue weighted by Crippen LogP contribution is 2.24. The molecule has 96 valence electrons. The van der Waals surface area contributed by atoms with E-state index < -0.39 is 21.4 Å². The van der Waals surface area contributed by atoms with E-state index in [4.69, 9.17) is 11.0 Å². The molecule has 7 heteroatoms. The van der Waals surface area contributed by atoms with Crippen molar-refractivity contribution in [3.8, 4) is 6.07 Å². The second-order valence-electron chi connectivity index (χ2n) is 4.14. The van der Waals surface area contributed by atoms with Crippen molar-refractivity contribution in [3.63, 3.8) is 0 Å². The smallest absolute Gasteiger partial charge is 0.244 e. The van der Waals surface area contributed by atoms with Crippen molar-refractivity contribution in [2.24, 2.45) is 5.73 Å². The van der Waals surface area contributed by atoms with Gasteiger partial charge in [0.2, 0.25) is 10.0 Å². The summed E-state index contributed by atoms with van der Waals surface area (Å²) in [6, 6.07) is 4.96. The van der Waals surface area contributed by atoms with E-state index in [9.17, 15) is 12.8 Å². The molecule has 0 unspecified atom stereocenters. The van der Waals surface area contributed by atoms with Crippen molar-refractivity contribution in [1.82, 2.24) is 4.31 Å². The van der Waals surface area contributed by atoms with Gasteiger partial charge in [-0.15, -0.1) is 0 Å². The Balaban J connectivity index is 2.49. The van der Waals surface area contributed by atoms with Crippen molar-refractivity contribution in [2.75, 3.05) is 13.1 Å². The summed E-state index contributed by atoms with van der Waals surface area (Å²) in [6.07, 6.45) is 0.566. The first-order valence-corrected chi connectivity index (χ1v) is 6.85. The summed E-state index contributed by atoms with van der Waals surface area (Å²) < 4.78 is 39.1. The largest absolute Gasteiger partial charge is 0.326 e. The van der Waals surface area contributed by atoms with Crippen LogP contribution in [0.1, 0.15) is 12.0 Å². The molecule has 0 aliphatic carbocycles. The third-order valence-corrected chi connectivity index (χ3v) is 4.80. The van der Waals surface area contributed by atoms with Crippen molar-refractivity contribution >= 4 is 10.0 Å². The number of hydrogen-bond acceptors (Lipinski definition) is 4.